The van der Waals surface area contributed by atoms with E-state index in [4.69, 9.17) is 4.74 Å². The van der Waals surface area contributed by atoms with E-state index in [9.17, 15) is 14.7 Å². The van der Waals surface area contributed by atoms with Crippen molar-refractivity contribution in [2.75, 3.05) is 11.4 Å². The van der Waals surface area contributed by atoms with E-state index in [0.29, 0.717) is 24.2 Å². The Morgan fingerprint density at radius 1 is 1.12 bits per heavy atom. The van der Waals surface area contributed by atoms with Crippen LogP contribution in [0.2, 0.25) is 0 Å². The van der Waals surface area contributed by atoms with E-state index < -0.39 is 17.6 Å². The van der Waals surface area contributed by atoms with Crippen LogP contribution < -0.4 is 10.2 Å². The molecule has 2 unspecified atom stereocenters. The Morgan fingerprint density at radius 3 is 2.50 bits per heavy atom. The SMILES string of the molecule is CC(C)(C)OC(=O)C1CC2=C(C(=O)N1)C(CCc1ccccc1)N(c1ccccc1O)C2. The molecule has 0 aliphatic carbocycles. The van der Waals surface area contributed by atoms with Gasteiger partial charge in [-0.25, -0.2) is 4.79 Å². The Hall–Kier alpha value is -3.28. The maximum absolute atomic E-state index is 13.2. The van der Waals surface area contributed by atoms with Crippen molar-refractivity contribution < 1.29 is 19.4 Å². The van der Waals surface area contributed by atoms with E-state index >= 15 is 0 Å². The fourth-order valence-electron chi connectivity index (χ4n) is 4.54. The van der Waals surface area contributed by atoms with Gasteiger partial charge in [0.25, 0.3) is 0 Å². The van der Waals surface area contributed by atoms with Gasteiger partial charge in [0, 0.05) is 18.5 Å². The topological polar surface area (TPSA) is 78.9 Å². The van der Waals surface area contributed by atoms with Gasteiger partial charge in [0.2, 0.25) is 5.91 Å². The number of esters is 1. The lowest BCUT2D eigenvalue weighted by Crippen LogP contribution is -2.48. The van der Waals surface area contributed by atoms with Crippen LogP contribution in [0.1, 0.15) is 39.2 Å². The van der Waals surface area contributed by atoms with Crippen LogP contribution in [0.15, 0.2) is 65.7 Å². The summed E-state index contributed by atoms with van der Waals surface area (Å²) in [5.41, 5.74) is 2.92. The van der Waals surface area contributed by atoms with Crippen molar-refractivity contribution in [1.82, 2.24) is 5.32 Å². The first-order valence-electron chi connectivity index (χ1n) is 11.1. The summed E-state index contributed by atoms with van der Waals surface area (Å²) >= 11 is 0. The van der Waals surface area contributed by atoms with Gasteiger partial charge in [-0.3, -0.25) is 4.79 Å². The normalized spacial score (nSPS) is 20.7. The third-order valence-electron chi connectivity index (χ3n) is 5.88. The number of aryl methyl sites for hydroxylation is 1. The largest absolute Gasteiger partial charge is 0.506 e. The van der Waals surface area contributed by atoms with E-state index in [0.717, 1.165) is 18.4 Å². The number of carbonyl (C=O) groups is 2. The van der Waals surface area contributed by atoms with Gasteiger partial charge in [0.05, 0.1) is 11.7 Å². The highest BCUT2D eigenvalue weighted by molar-refractivity contribution is 6.01. The summed E-state index contributed by atoms with van der Waals surface area (Å²) in [5.74, 6) is -0.460. The number of hydrogen-bond acceptors (Lipinski definition) is 5. The number of phenolic OH excluding ortho intramolecular Hbond substituents is 1. The van der Waals surface area contributed by atoms with Crippen molar-refractivity contribution in [1.29, 1.82) is 0 Å². The number of rotatable bonds is 5. The van der Waals surface area contributed by atoms with Gasteiger partial charge < -0.3 is 20.1 Å². The molecule has 0 radical (unpaired) electrons. The van der Waals surface area contributed by atoms with Crippen LogP contribution in [0.4, 0.5) is 5.69 Å². The van der Waals surface area contributed by atoms with E-state index in [1.54, 1.807) is 12.1 Å². The third kappa shape index (κ3) is 4.64. The number of amides is 1. The van der Waals surface area contributed by atoms with E-state index in [1.807, 2.05) is 51.1 Å². The first-order chi connectivity index (χ1) is 15.2. The molecule has 0 aromatic heterocycles. The van der Waals surface area contributed by atoms with Crippen LogP contribution in [0, 0.1) is 0 Å². The minimum atomic E-state index is -0.695. The Balaban J connectivity index is 1.62. The summed E-state index contributed by atoms with van der Waals surface area (Å²) in [6.07, 6.45) is 1.94. The zero-order valence-corrected chi connectivity index (χ0v) is 18.8. The minimum Gasteiger partial charge on any atom is -0.506 e. The van der Waals surface area contributed by atoms with Crippen LogP contribution in [-0.4, -0.2) is 41.2 Å². The minimum absolute atomic E-state index is 0.182. The molecule has 2 aliphatic rings. The quantitative estimate of drug-likeness (QED) is 0.701. The van der Waals surface area contributed by atoms with Gasteiger partial charge in [0.1, 0.15) is 17.4 Å². The monoisotopic (exact) mass is 434 g/mol. The van der Waals surface area contributed by atoms with Gasteiger partial charge in [-0.2, -0.15) is 0 Å². The predicted octanol–water partition coefficient (Wildman–Crippen LogP) is 3.74. The number of carbonyl (C=O) groups excluding carboxylic acids is 2. The second-order valence-corrected chi connectivity index (χ2v) is 9.44. The maximum Gasteiger partial charge on any atom is 0.329 e. The van der Waals surface area contributed by atoms with E-state index in [-0.39, 0.29) is 17.7 Å². The Kier molecular flexibility index (Phi) is 5.96. The van der Waals surface area contributed by atoms with Crippen molar-refractivity contribution >= 4 is 17.6 Å². The average Bonchev–Trinajstić information content (AvgIpc) is 3.11. The molecule has 2 aromatic carbocycles. The van der Waals surface area contributed by atoms with Crippen molar-refractivity contribution in [3.05, 3.63) is 71.3 Å². The highest BCUT2D eigenvalue weighted by Gasteiger charge is 2.43. The van der Waals surface area contributed by atoms with Crippen molar-refractivity contribution in [3.63, 3.8) is 0 Å². The van der Waals surface area contributed by atoms with Gasteiger partial charge >= 0.3 is 5.97 Å². The molecule has 0 spiro atoms. The van der Waals surface area contributed by atoms with Crippen molar-refractivity contribution in [3.8, 4) is 5.75 Å². The highest BCUT2D eigenvalue weighted by Crippen LogP contribution is 2.40. The summed E-state index contributed by atoms with van der Waals surface area (Å²) in [6.45, 7) is 5.94. The summed E-state index contributed by atoms with van der Waals surface area (Å²) in [7, 11) is 0. The molecule has 2 aliphatic heterocycles. The number of nitrogens with one attached hydrogen (secondary N) is 1. The van der Waals surface area contributed by atoms with E-state index in [1.165, 1.54) is 5.56 Å². The molecule has 0 fully saturated rings. The zero-order chi connectivity index (χ0) is 22.9. The third-order valence-corrected chi connectivity index (χ3v) is 5.88. The fraction of sp³-hybridized carbons (Fsp3) is 0.385. The predicted molar refractivity (Wildman–Crippen MR) is 123 cm³/mol. The lowest BCUT2D eigenvalue weighted by Gasteiger charge is -2.30. The van der Waals surface area contributed by atoms with Crippen LogP contribution in [0.25, 0.3) is 0 Å². The second kappa shape index (κ2) is 8.69. The Labute approximate surface area is 188 Å². The molecule has 1 amide bonds. The first-order valence-corrected chi connectivity index (χ1v) is 11.1. The standard InChI is InChI=1S/C26H30N2O4/c1-26(2,3)32-25(31)19-15-18-16-28(20-11-7-8-12-22(20)29)21(23(18)24(30)27-19)14-13-17-9-5-4-6-10-17/h4-12,19,21,29H,13-16H2,1-3H3,(H,27,30). The molecule has 4 rings (SSSR count). The van der Waals surface area contributed by atoms with Crippen LogP contribution >= 0.6 is 0 Å². The zero-order valence-electron chi connectivity index (χ0n) is 18.8. The van der Waals surface area contributed by atoms with Crippen molar-refractivity contribution in [2.24, 2.45) is 0 Å². The molecule has 0 saturated heterocycles. The highest BCUT2D eigenvalue weighted by atomic mass is 16.6. The molecule has 2 atom stereocenters. The number of nitrogens with zero attached hydrogens (tertiary/aromatic N) is 1. The first kappa shape index (κ1) is 21.9. The molecule has 2 N–H and O–H groups in total. The van der Waals surface area contributed by atoms with Crippen molar-refractivity contribution in [2.45, 2.75) is 57.7 Å². The molecule has 32 heavy (non-hydrogen) atoms. The van der Waals surface area contributed by atoms with Crippen LogP contribution in [0.5, 0.6) is 5.75 Å². The number of phenols is 1. The second-order valence-electron chi connectivity index (χ2n) is 9.44. The molecule has 168 valence electrons. The Morgan fingerprint density at radius 2 is 1.81 bits per heavy atom. The van der Waals surface area contributed by atoms with Gasteiger partial charge in [-0.05, 0) is 56.9 Å². The molecule has 2 heterocycles. The average molecular weight is 435 g/mol. The molecular formula is C26H30N2O4. The molecule has 6 heteroatoms. The van der Waals surface area contributed by atoms with Gasteiger partial charge in [-0.1, -0.05) is 42.5 Å². The number of benzene rings is 2. The summed E-state index contributed by atoms with van der Waals surface area (Å²) < 4.78 is 5.51. The van der Waals surface area contributed by atoms with Crippen LogP contribution in [0.3, 0.4) is 0 Å². The number of hydrogen-bond donors (Lipinski definition) is 2. The molecule has 0 bridgehead atoms. The van der Waals surface area contributed by atoms with Gasteiger partial charge in [-0.15, -0.1) is 0 Å². The van der Waals surface area contributed by atoms with E-state index in [2.05, 4.69) is 22.3 Å². The number of anilines is 1. The molecule has 2 aromatic rings. The number of aromatic hydroxyl groups is 1. The Bertz CT molecular complexity index is 1040. The number of para-hydroxylation sites is 2. The fourth-order valence-corrected chi connectivity index (χ4v) is 4.54. The van der Waals surface area contributed by atoms with Gasteiger partial charge in [0.15, 0.2) is 0 Å². The lowest BCUT2D eigenvalue weighted by atomic mass is 9.91. The molecule has 6 nitrogen and oxygen atoms in total. The number of ether oxygens (including phenoxy) is 1. The van der Waals surface area contributed by atoms with Crippen LogP contribution in [-0.2, 0) is 20.7 Å². The summed E-state index contributed by atoms with van der Waals surface area (Å²) in [5, 5.41) is 13.4. The summed E-state index contributed by atoms with van der Waals surface area (Å²) in [4.78, 5) is 27.9. The molecule has 0 saturated carbocycles. The summed E-state index contributed by atoms with van der Waals surface area (Å²) in [6, 6.07) is 16.5. The lowest BCUT2D eigenvalue weighted by molar-refractivity contribution is -0.158. The molecular weight excluding hydrogens is 404 g/mol. The maximum atomic E-state index is 13.2. The smallest absolute Gasteiger partial charge is 0.329 e.